The maximum absolute atomic E-state index is 11.0. The summed E-state index contributed by atoms with van der Waals surface area (Å²) in [4.78, 5) is 15.1. The lowest BCUT2D eigenvalue weighted by Crippen LogP contribution is -2.20. The second-order valence-corrected chi connectivity index (χ2v) is 3.28. The summed E-state index contributed by atoms with van der Waals surface area (Å²) in [5, 5.41) is 2.61. The molecule has 0 unspecified atom stereocenters. The number of hydrogen-bond acceptors (Lipinski definition) is 3. The maximum atomic E-state index is 11.0. The number of benzene rings is 1. The number of anilines is 1. The van der Waals surface area contributed by atoms with Gasteiger partial charge in [-0.15, -0.1) is 0 Å². The van der Waals surface area contributed by atoms with E-state index in [2.05, 4.69) is 26.1 Å². The molecule has 1 aromatic rings. The van der Waals surface area contributed by atoms with Crippen LogP contribution in [0.2, 0.25) is 0 Å². The molecule has 1 amide bonds. The average molecular weight is 245 g/mol. The van der Waals surface area contributed by atoms with Gasteiger partial charge in [-0.1, -0.05) is 15.9 Å². The largest absolute Gasteiger partial charge is 0.324 e. The van der Waals surface area contributed by atoms with Crippen molar-refractivity contribution in [3.63, 3.8) is 0 Å². The van der Waals surface area contributed by atoms with Crippen LogP contribution in [0.1, 0.15) is 0 Å². The third-order valence-corrected chi connectivity index (χ3v) is 1.87. The number of nitrogens with two attached hydrogens (primary N) is 1. The van der Waals surface area contributed by atoms with E-state index in [0.29, 0.717) is 5.69 Å². The highest BCUT2D eigenvalue weighted by Crippen LogP contribution is 2.13. The Morgan fingerprint density at radius 1 is 1.46 bits per heavy atom. The molecule has 0 atom stereocenters. The number of nitrogens with one attached hydrogen (secondary N) is 1. The number of halogens is 1. The van der Waals surface area contributed by atoms with Crippen LogP contribution in [-0.4, -0.2) is 12.5 Å². The van der Waals surface area contributed by atoms with E-state index >= 15 is 0 Å². The lowest BCUT2D eigenvalue weighted by Gasteiger charge is -2.03. The summed E-state index contributed by atoms with van der Waals surface area (Å²) < 4.78 is 0.959. The van der Waals surface area contributed by atoms with Gasteiger partial charge in [-0.25, -0.2) is 5.90 Å². The van der Waals surface area contributed by atoms with E-state index in [1.807, 2.05) is 12.1 Å². The monoisotopic (exact) mass is 244 g/mol. The molecule has 5 heteroatoms. The van der Waals surface area contributed by atoms with Crippen LogP contribution in [0.3, 0.4) is 0 Å². The van der Waals surface area contributed by atoms with Gasteiger partial charge >= 0.3 is 0 Å². The van der Waals surface area contributed by atoms with Gasteiger partial charge in [-0.3, -0.25) is 9.63 Å². The fourth-order valence-corrected chi connectivity index (χ4v) is 1.07. The Balaban J connectivity index is 2.54. The average Bonchev–Trinajstić information content (AvgIpc) is 2.09. The Morgan fingerprint density at radius 2 is 2.08 bits per heavy atom. The second kappa shape index (κ2) is 4.96. The minimum absolute atomic E-state index is 0.143. The summed E-state index contributed by atoms with van der Waals surface area (Å²) in [5.41, 5.74) is 0.713. The van der Waals surface area contributed by atoms with Crippen LogP contribution in [0.25, 0.3) is 0 Å². The highest BCUT2D eigenvalue weighted by atomic mass is 79.9. The number of hydrogen-bond donors (Lipinski definition) is 2. The van der Waals surface area contributed by atoms with Crippen molar-refractivity contribution in [2.24, 2.45) is 5.90 Å². The van der Waals surface area contributed by atoms with Crippen molar-refractivity contribution in [3.8, 4) is 0 Å². The van der Waals surface area contributed by atoms with Crippen LogP contribution in [0.4, 0.5) is 5.69 Å². The van der Waals surface area contributed by atoms with Crippen molar-refractivity contribution in [1.29, 1.82) is 0 Å². The standard InChI is InChI=1S/C8H9BrN2O2/c9-6-1-3-7(4-2-6)11-8(12)5-13-10/h1-4H,5,10H2,(H,11,12). The Hall–Kier alpha value is -0.910. The van der Waals surface area contributed by atoms with Crippen LogP contribution in [-0.2, 0) is 9.63 Å². The molecule has 1 rings (SSSR count). The van der Waals surface area contributed by atoms with E-state index in [1.54, 1.807) is 12.1 Å². The van der Waals surface area contributed by atoms with Crippen LogP contribution >= 0.6 is 15.9 Å². The highest BCUT2D eigenvalue weighted by Gasteiger charge is 2.00. The fraction of sp³-hybridized carbons (Fsp3) is 0.125. The van der Waals surface area contributed by atoms with E-state index in [9.17, 15) is 4.79 Å². The van der Waals surface area contributed by atoms with Gasteiger partial charge in [-0.2, -0.15) is 0 Å². The van der Waals surface area contributed by atoms with Crippen molar-refractivity contribution >= 4 is 27.5 Å². The van der Waals surface area contributed by atoms with Gasteiger partial charge in [0.05, 0.1) is 0 Å². The molecular weight excluding hydrogens is 236 g/mol. The van der Waals surface area contributed by atoms with Gasteiger partial charge in [0.1, 0.15) is 6.61 Å². The number of carbonyl (C=O) groups excluding carboxylic acids is 1. The third-order valence-electron chi connectivity index (χ3n) is 1.34. The molecule has 0 spiro atoms. The Kier molecular flexibility index (Phi) is 3.88. The van der Waals surface area contributed by atoms with E-state index in [0.717, 1.165) is 4.47 Å². The molecule has 3 N–H and O–H groups in total. The third kappa shape index (κ3) is 3.54. The van der Waals surface area contributed by atoms with Crippen molar-refractivity contribution in [2.45, 2.75) is 0 Å². The van der Waals surface area contributed by atoms with E-state index in [4.69, 9.17) is 5.90 Å². The summed E-state index contributed by atoms with van der Waals surface area (Å²) in [6.45, 7) is -0.143. The molecule has 0 aromatic heterocycles. The topological polar surface area (TPSA) is 64.3 Å². The highest BCUT2D eigenvalue weighted by molar-refractivity contribution is 9.10. The predicted molar refractivity (Wildman–Crippen MR) is 52.9 cm³/mol. The van der Waals surface area contributed by atoms with E-state index in [-0.39, 0.29) is 12.5 Å². The first-order valence-corrected chi connectivity index (χ1v) is 4.39. The molecule has 0 radical (unpaired) electrons. The molecule has 70 valence electrons. The molecule has 1 aromatic carbocycles. The smallest absolute Gasteiger partial charge is 0.252 e. The first kappa shape index (κ1) is 10.2. The summed E-state index contributed by atoms with van der Waals surface area (Å²) in [5.74, 6) is 4.47. The molecule has 0 saturated heterocycles. The van der Waals surface area contributed by atoms with Crippen LogP contribution in [0, 0.1) is 0 Å². The summed E-state index contributed by atoms with van der Waals surface area (Å²) in [7, 11) is 0. The number of amides is 1. The number of rotatable bonds is 3. The van der Waals surface area contributed by atoms with Crippen LogP contribution in [0.15, 0.2) is 28.7 Å². The van der Waals surface area contributed by atoms with Gasteiger partial charge in [0.25, 0.3) is 5.91 Å². The van der Waals surface area contributed by atoms with E-state index < -0.39 is 0 Å². The molecule has 0 aliphatic carbocycles. The Bertz CT molecular complexity index is 287. The maximum Gasteiger partial charge on any atom is 0.252 e. The van der Waals surface area contributed by atoms with Gasteiger partial charge in [0.15, 0.2) is 0 Å². The van der Waals surface area contributed by atoms with Crippen molar-refractivity contribution in [1.82, 2.24) is 0 Å². The minimum atomic E-state index is -0.273. The normalized spacial score (nSPS) is 9.69. The number of carbonyl (C=O) groups is 1. The lowest BCUT2D eigenvalue weighted by atomic mass is 10.3. The second-order valence-electron chi connectivity index (χ2n) is 2.37. The molecule has 0 saturated carbocycles. The minimum Gasteiger partial charge on any atom is -0.324 e. The van der Waals surface area contributed by atoms with Gasteiger partial charge in [-0.05, 0) is 24.3 Å². The van der Waals surface area contributed by atoms with Crippen molar-refractivity contribution in [3.05, 3.63) is 28.7 Å². The van der Waals surface area contributed by atoms with E-state index in [1.165, 1.54) is 0 Å². The van der Waals surface area contributed by atoms with Crippen LogP contribution < -0.4 is 11.2 Å². The predicted octanol–water partition coefficient (Wildman–Crippen LogP) is 1.28. The molecule has 13 heavy (non-hydrogen) atoms. The fourth-order valence-electron chi connectivity index (χ4n) is 0.806. The molecule has 0 fully saturated rings. The zero-order valence-corrected chi connectivity index (χ0v) is 8.37. The molecule has 0 aliphatic rings. The van der Waals surface area contributed by atoms with Crippen molar-refractivity contribution < 1.29 is 9.63 Å². The summed E-state index contributed by atoms with van der Waals surface area (Å²) in [6, 6.07) is 7.22. The van der Waals surface area contributed by atoms with Gasteiger partial charge in [0.2, 0.25) is 0 Å². The Labute approximate surface area is 84.1 Å². The van der Waals surface area contributed by atoms with Gasteiger partial charge < -0.3 is 5.32 Å². The first-order valence-electron chi connectivity index (χ1n) is 3.59. The molecule has 0 bridgehead atoms. The SMILES string of the molecule is NOCC(=O)Nc1ccc(Br)cc1. The molecule has 4 nitrogen and oxygen atoms in total. The zero-order valence-electron chi connectivity index (χ0n) is 6.79. The Morgan fingerprint density at radius 3 is 2.62 bits per heavy atom. The molecule has 0 aliphatic heterocycles. The van der Waals surface area contributed by atoms with Gasteiger partial charge in [0, 0.05) is 10.2 Å². The van der Waals surface area contributed by atoms with Crippen LogP contribution in [0.5, 0.6) is 0 Å². The molecular formula is C8H9BrN2O2. The summed E-state index contributed by atoms with van der Waals surface area (Å²) >= 11 is 3.29. The molecule has 0 heterocycles. The summed E-state index contributed by atoms with van der Waals surface area (Å²) in [6.07, 6.45) is 0. The first-order chi connectivity index (χ1) is 6.22. The quantitative estimate of drug-likeness (QED) is 0.788. The lowest BCUT2D eigenvalue weighted by molar-refractivity contribution is -0.120. The zero-order chi connectivity index (χ0) is 9.68. The van der Waals surface area contributed by atoms with Crippen molar-refractivity contribution in [2.75, 3.05) is 11.9 Å².